The van der Waals surface area contributed by atoms with Crippen molar-refractivity contribution >= 4 is 23.1 Å². The van der Waals surface area contributed by atoms with Gasteiger partial charge in [-0.1, -0.05) is 30.3 Å². The van der Waals surface area contributed by atoms with Crippen molar-refractivity contribution in [1.82, 2.24) is 4.98 Å². The van der Waals surface area contributed by atoms with E-state index >= 15 is 0 Å². The van der Waals surface area contributed by atoms with Crippen LogP contribution >= 0.6 is 0 Å². The van der Waals surface area contributed by atoms with Crippen LogP contribution in [0.4, 0.5) is 17.2 Å². The van der Waals surface area contributed by atoms with E-state index in [0.717, 1.165) is 5.69 Å². The number of hydrogen-bond donors (Lipinski definition) is 2. The zero-order valence-corrected chi connectivity index (χ0v) is 13.2. The molecule has 2 N–H and O–H groups in total. The van der Waals surface area contributed by atoms with Crippen molar-refractivity contribution in [3.05, 3.63) is 78.5 Å². The Labute approximate surface area is 140 Å². The zero-order chi connectivity index (χ0) is 16.8. The monoisotopic (exact) mass is 319 g/mol. The fourth-order valence-electron chi connectivity index (χ4n) is 2.29. The molecule has 3 aromatic rings. The first-order valence-corrected chi connectivity index (χ1v) is 7.49. The first-order valence-electron chi connectivity index (χ1n) is 7.49. The molecule has 24 heavy (non-hydrogen) atoms. The van der Waals surface area contributed by atoms with Gasteiger partial charge in [0.05, 0.1) is 18.4 Å². The fraction of sp³-hybridized carbons (Fsp3) is 0.0526. The van der Waals surface area contributed by atoms with Gasteiger partial charge in [0.25, 0.3) is 5.91 Å². The van der Waals surface area contributed by atoms with E-state index in [1.165, 1.54) is 0 Å². The molecule has 0 aliphatic rings. The predicted octanol–water partition coefficient (Wildman–Crippen LogP) is 4.09. The second-order valence-corrected chi connectivity index (χ2v) is 5.05. The number of carbonyl (C=O) groups excluding carboxylic acids is 1. The van der Waals surface area contributed by atoms with Crippen LogP contribution in [0.1, 0.15) is 10.4 Å². The molecule has 0 saturated carbocycles. The number of amides is 1. The van der Waals surface area contributed by atoms with Gasteiger partial charge in [0.15, 0.2) is 5.82 Å². The van der Waals surface area contributed by atoms with Crippen LogP contribution in [0.15, 0.2) is 72.9 Å². The number of carbonyl (C=O) groups is 1. The van der Waals surface area contributed by atoms with Crippen molar-refractivity contribution in [2.24, 2.45) is 0 Å². The van der Waals surface area contributed by atoms with Crippen molar-refractivity contribution in [1.29, 1.82) is 0 Å². The Balaban J connectivity index is 1.84. The van der Waals surface area contributed by atoms with Gasteiger partial charge in [0, 0.05) is 11.9 Å². The van der Waals surface area contributed by atoms with Crippen LogP contribution < -0.4 is 15.4 Å². The topological polar surface area (TPSA) is 63.2 Å². The van der Waals surface area contributed by atoms with Crippen LogP contribution in [-0.2, 0) is 0 Å². The molecule has 5 heteroatoms. The molecule has 0 fully saturated rings. The number of benzene rings is 2. The number of rotatable bonds is 5. The molecule has 0 radical (unpaired) electrons. The molecule has 2 aromatic carbocycles. The molecule has 5 nitrogen and oxygen atoms in total. The molecule has 0 aliphatic heterocycles. The van der Waals surface area contributed by atoms with E-state index in [0.29, 0.717) is 22.8 Å². The third-order valence-electron chi connectivity index (χ3n) is 3.44. The third-order valence-corrected chi connectivity index (χ3v) is 3.44. The Morgan fingerprint density at radius 1 is 0.958 bits per heavy atom. The number of anilines is 3. The molecule has 0 saturated heterocycles. The predicted molar refractivity (Wildman–Crippen MR) is 94.9 cm³/mol. The summed E-state index contributed by atoms with van der Waals surface area (Å²) in [5.41, 5.74) is 1.95. The van der Waals surface area contributed by atoms with Crippen molar-refractivity contribution in [3.8, 4) is 5.75 Å². The molecule has 0 aliphatic carbocycles. The minimum Gasteiger partial charge on any atom is -0.496 e. The minimum absolute atomic E-state index is 0.253. The van der Waals surface area contributed by atoms with E-state index in [-0.39, 0.29) is 5.91 Å². The summed E-state index contributed by atoms with van der Waals surface area (Å²) >= 11 is 0. The molecule has 0 atom stereocenters. The van der Waals surface area contributed by atoms with Crippen LogP contribution in [0, 0.1) is 0 Å². The van der Waals surface area contributed by atoms with Crippen molar-refractivity contribution in [2.75, 3.05) is 17.7 Å². The highest BCUT2D eigenvalue weighted by Crippen LogP contribution is 2.25. The van der Waals surface area contributed by atoms with E-state index < -0.39 is 0 Å². The highest BCUT2D eigenvalue weighted by atomic mass is 16.5. The van der Waals surface area contributed by atoms with E-state index in [1.54, 1.807) is 43.6 Å². The van der Waals surface area contributed by atoms with Crippen molar-refractivity contribution in [2.45, 2.75) is 0 Å². The number of para-hydroxylation sites is 2. The minimum atomic E-state index is -0.253. The number of hydrogen-bond acceptors (Lipinski definition) is 4. The van der Waals surface area contributed by atoms with Gasteiger partial charge in [-0.25, -0.2) is 4.98 Å². The molecule has 0 unspecified atom stereocenters. The van der Waals surface area contributed by atoms with Gasteiger partial charge in [-0.15, -0.1) is 0 Å². The fourth-order valence-corrected chi connectivity index (χ4v) is 2.29. The molecule has 3 rings (SSSR count). The Morgan fingerprint density at radius 2 is 1.71 bits per heavy atom. The average Bonchev–Trinajstić information content (AvgIpc) is 2.64. The second kappa shape index (κ2) is 7.28. The van der Waals surface area contributed by atoms with Crippen molar-refractivity contribution in [3.63, 3.8) is 0 Å². The van der Waals surface area contributed by atoms with E-state index in [9.17, 15) is 4.79 Å². The summed E-state index contributed by atoms with van der Waals surface area (Å²) in [6.07, 6.45) is 1.67. The summed E-state index contributed by atoms with van der Waals surface area (Å²) in [7, 11) is 1.54. The van der Waals surface area contributed by atoms with Gasteiger partial charge in [-0.05, 0) is 36.4 Å². The Morgan fingerprint density at radius 3 is 2.50 bits per heavy atom. The summed E-state index contributed by atoms with van der Waals surface area (Å²) in [6, 6.07) is 20.3. The molecule has 1 aromatic heterocycles. The number of methoxy groups -OCH3 is 1. The van der Waals surface area contributed by atoms with Crippen LogP contribution in [0.2, 0.25) is 0 Å². The molecule has 1 heterocycles. The van der Waals surface area contributed by atoms with E-state index in [1.807, 2.05) is 36.4 Å². The second-order valence-electron chi connectivity index (χ2n) is 5.05. The Hall–Kier alpha value is -3.34. The Kier molecular flexibility index (Phi) is 4.72. The molecular weight excluding hydrogens is 302 g/mol. The highest BCUT2D eigenvalue weighted by Gasteiger charge is 2.14. The van der Waals surface area contributed by atoms with Crippen LogP contribution in [0.3, 0.4) is 0 Å². The first-order chi connectivity index (χ1) is 11.8. The maximum atomic E-state index is 12.6. The molecular formula is C19H17N3O2. The molecule has 0 spiro atoms. The number of aromatic nitrogens is 1. The molecule has 0 bridgehead atoms. The third kappa shape index (κ3) is 3.52. The molecule has 1 amide bonds. The number of nitrogens with zero attached hydrogens (tertiary/aromatic N) is 1. The zero-order valence-electron chi connectivity index (χ0n) is 13.2. The summed E-state index contributed by atoms with van der Waals surface area (Å²) < 4.78 is 5.24. The summed E-state index contributed by atoms with van der Waals surface area (Å²) in [5, 5.41) is 6.08. The SMILES string of the molecule is COc1ccccc1C(=O)Nc1cccnc1Nc1ccccc1. The van der Waals surface area contributed by atoms with Gasteiger partial charge in [-0.3, -0.25) is 4.79 Å². The average molecular weight is 319 g/mol. The standard InChI is InChI=1S/C19H17N3O2/c1-24-17-12-6-5-10-15(17)19(23)22-16-11-7-13-20-18(16)21-14-8-3-2-4-9-14/h2-13H,1H3,(H,20,21)(H,22,23). The van der Waals surface area contributed by atoms with Crippen LogP contribution in [-0.4, -0.2) is 18.0 Å². The van der Waals surface area contributed by atoms with Crippen LogP contribution in [0.25, 0.3) is 0 Å². The van der Waals surface area contributed by atoms with Gasteiger partial charge in [0.1, 0.15) is 5.75 Å². The maximum Gasteiger partial charge on any atom is 0.259 e. The van der Waals surface area contributed by atoms with E-state index in [4.69, 9.17) is 4.74 Å². The smallest absolute Gasteiger partial charge is 0.259 e. The normalized spacial score (nSPS) is 10.0. The maximum absolute atomic E-state index is 12.6. The number of pyridine rings is 1. The van der Waals surface area contributed by atoms with Gasteiger partial charge < -0.3 is 15.4 Å². The van der Waals surface area contributed by atoms with Crippen LogP contribution in [0.5, 0.6) is 5.75 Å². The summed E-state index contributed by atoms with van der Waals surface area (Å²) in [5.74, 6) is 0.847. The lowest BCUT2D eigenvalue weighted by molar-refractivity contribution is 0.102. The number of ether oxygens (including phenoxy) is 1. The highest BCUT2D eigenvalue weighted by molar-refractivity contribution is 6.07. The number of nitrogens with one attached hydrogen (secondary N) is 2. The lowest BCUT2D eigenvalue weighted by atomic mass is 10.2. The lowest BCUT2D eigenvalue weighted by Gasteiger charge is -2.13. The van der Waals surface area contributed by atoms with Gasteiger partial charge in [-0.2, -0.15) is 0 Å². The quantitative estimate of drug-likeness (QED) is 0.743. The van der Waals surface area contributed by atoms with Gasteiger partial charge in [0.2, 0.25) is 0 Å². The lowest BCUT2D eigenvalue weighted by Crippen LogP contribution is -2.14. The molecule has 120 valence electrons. The summed E-state index contributed by atoms with van der Waals surface area (Å²) in [6.45, 7) is 0. The first kappa shape index (κ1) is 15.6. The summed E-state index contributed by atoms with van der Waals surface area (Å²) in [4.78, 5) is 16.9. The Bertz CT molecular complexity index is 835. The van der Waals surface area contributed by atoms with Gasteiger partial charge >= 0.3 is 0 Å². The largest absolute Gasteiger partial charge is 0.496 e. The van der Waals surface area contributed by atoms with E-state index in [2.05, 4.69) is 15.6 Å². The van der Waals surface area contributed by atoms with Crippen molar-refractivity contribution < 1.29 is 9.53 Å².